The Labute approximate surface area is 123 Å². The van der Waals surface area contributed by atoms with Gasteiger partial charge in [-0.3, -0.25) is 19.7 Å². The molecule has 2 rings (SSSR count). The van der Waals surface area contributed by atoms with E-state index in [1.807, 2.05) is 19.1 Å². The number of carbonyl (C=O) groups excluding carboxylic acids is 3. The second kappa shape index (κ2) is 6.99. The molecular formula is C15H19N3O3. The maximum Gasteiger partial charge on any atom is 0.316 e. The standard InChI is InChI=1S/C15H19N3O3/c1-10-4-2-3-5-12(10)17-14(20)15(21)18-13(19)11-6-8-16-9-7-11/h2-5,11,16H,6-9H2,1H3,(H,17,20)(H,18,19,21). The lowest BCUT2D eigenvalue weighted by molar-refractivity contribution is -0.141. The van der Waals surface area contributed by atoms with Gasteiger partial charge in [0.05, 0.1) is 0 Å². The summed E-state index contributed by atoms with van der Waals surface area (Å²) < 4.78 is 0. The van der Waals surface area contributed by atoms with E-state index < -0.39 is 11.8 Å². The van der Waals surface area contributed by atoms with E-state index in [-0.39, 0.29) is 11.8 Å². The van der Waals surface area contributed by atoms with Gasteiger partial charge in [-0.1, -0.05) is 18.2 Å². The van der Waals surface area contributed by atoms with Gasteiger partial charge < -0.3 is 10.6 Å². The molecular weight excluding hydrogens is 270 g/mol. The van der Waals surface area contributed by atoms with Crippen molar-refractivity contribution >= 4 is 23.4 Å². The molecule has 1 heterocycles. The number of aryl methyl sites for hydroxylation is 1. The Hall–Kier alpha value is -2.21. The molecule has 21 heavy (non-hydrogen) atoms. The minimum absolute atomic E-state index is 0.207. The Kier molecular flexibility index (Phi) is 5.05. The number of anilines is 1. The summed E-state index contributed by atoms with van der Waals surface area (Å²) in [7, 11) is 0. The van der Waals surface area contributed by atoms with Crippen LogP contribution in [0.3, 0.4) is 0 Å². The van der Waals surface area contributed by atoms with Crippen molar-refractivity contribution in [1.29, 1.82) is 0 Å². The average molecular weight is 289 g/mol. The van der Waals surface area contributed by atoms with Crippen LogP contribution < -0.4 is 16.0 Å². The first-order valence-corrected chi connectivity index (χ1v) is 7.00. The number of imide groups is 1. The Morgan fingerprint density at radius 3 is 2.43 bits per heavy atom. The summed E-state index contributed by atoms with van der Waals surface area (Å²) in [6.45, 7) is 3.33. The third-order valence-electron chi connectivity index (χ3n) is 3.55. The van der Waals surface area contributed by atoms with Gasteiger partial charge in [0.25, 0.3) is 0 Å². The molecule has 0 aromatic heterocycles. The number of hydrogen-bond donors (Lipinski definition) is 3. The second-order valence-corrected chi connectivity index (χ2v) is 5.11. The number of benzene rings is 1. The summed E-state index contributed by atoms with van der Waals surface area (Å²) >= 11 is 0. The van der Waals surface area contributed by atoms with Crippen LogP contribution in [0.5, 0.6) is 0 Å². The van der Waals surface area contributed by atoms with Crippen LogP contribution in [-0.2, 0) is 14.4 Å². The number of para-hydroxylation sites is 1. The Bertz CT molecular complexity index is 551. The molecule has 1 fully saturated rings. The molecule has 0 atom stereocenters. The average Bonchev–Trinajstić information content (AvgIpc) is 2.50. The van der Waals surface area contributed by atoms with E-state index in [9.17, 15) is 14.4 Å². The summed E-state index contributed by atoms with van der Waals surface area (Å²) in [5.41, 5.74) is 1.41. The van der Waals surface area contributed by atoms with Gasteiger partial charge in [0.1, 0.15) is 0 Å². The van der Waals surface area contributed by atoms with E-state index in [1.54, 1.807) is 12.1 Å². The highest BCUT2D eigenvalue weighted by Gasteiger charge is 2.25. The number of piperidine rings is 1. The second-order valence-electron chi connectivity index (χ2n) is 5.11. The van der Waals surface area contributed by atoms with Gasteiger partial charge in [-0.25, -0.2) is 0 Å². The van der Waals surface area contributed by atoms with Gasteiger partial charge in [-0.05, 0) is 44.5 Å². The molecule has 0 unspecified atom stereocenters. The summed E-state index contributed by atoms with van der Waals surface area (Å²) in [6, 6.07) is 7.13. The zero-order valence-electron chi connectivity index (χ0n) is 11.9. The maximum atomic E-state index is 11.9. The molecule has 3 amide bonds. The molecule has 6 heteroatoms. The van der Waals surface area contributed by atoms with Crippen LogP contribution in [0, 0.1) is 12.8 Å². The van der Waals surface area contributed by atoms with E-state index in [4.69, 9.17) is 0 Å². The van der Waals surface area contributed by atoms with Gasteiger partial charge in [-0.15, -0.1) is 0 Å². The highest BCUT2D eigenvalue weighted by Crippen LogP contribution is 2.13. The Balaban J connectivity index is 1.89. The summed E-state index contributed by atoms with van der Waals surface area (Å²) in [5.74, 6) is -2.32. The first-order valence-electron chi connectivity index (χ1n) is 7.00. The largest absolute Gasteiger partial charge is 0.318 e. The van der Waals surface area contributed by atoms with Gasteiger partial charge in [0.15, 0.2) is 0 Å². The van der Waals surface area contributed by atoms with E-state index in [1.165, 1.54) is 0 Å². The molecule has 6 nitrogen and oxygen atoms in total. The van der Waals surface area contributed by atoms with Crippen molar-refractivity contribution in [3.63, 3.8) is 0 Å². The predicted octanol–water partition coefficient (Wildman–Crippen LogP) is 0.576. The molecule has 1 saturated heterocycles. The van der Waals surface area contributed by atoms with Crippen molar-refractivity contribution in [1.82, 2.24) is 10.6 Å². The number of nitrogens with one attached hydrogen (secondary N) is 3. The van der Waals surface area contributed by atoms with Crippen LogP contribution in [0.15, 0.2) is 24.3 Å². The van der Waals surface area contributed by atoms with Crippen molar-refractivity contribution in [2.75, 3.05) is 18.4 Å². The van der Waals surface area contributed by atoms with Gasteiger partial charge >= 0.3 is 11.8 Å². The molecule has 0 spiro atoms. The minimum Gasteiger partial charge on any atom is -0.318 e. The summed E-state index contributed by atoms with van der Waals surface area (Å²) in [4.78, 5) is 35.4. The van der Waals surface area contributed by atoms with Crippen molar-refractivity contribution in [3.05, 3.63) is 29.8 Å². The lowest BCUT2D eigenvalue weighted by atomic mass is 9.97. The fourth-order valence-electron chi connectivity index (χ4n) is 2.25. The number of amides is 3. The van der Waals surface area contributed by atoms with Crippen molar-refractivity contribution in [3.8, 4) is 0 Å². The highest BCUT2D eigenvalue weighted by atomic mass is 16.2. The fourth-order valence-corrected chi connectivity index (χ4v) is 2.25. The molecule has 0 aliphatic carbocycles. The number of rotatable bonds is 2. The third-order valence-corrected chi connectivity index (χ3v) is 3.55. The lowest BCUT2D eigenvalue weighted by Crippen LogP contribution is -2.44. The van der Waals surface area contributed by atoms with Crippen LogP contribution in [0.25, 0.3) is 0 Å². The summed E-state index contributed by atoms with van der Waals surface area (Å²) in [6.07, 6.45) is 1.36. The molecule has 0 radical (unpaired) electrons. The SMILES string of the molecule is Cc1ccccc1NC(=O)C(=O)NC(=O)C1CCNCC1. The van der Waals surface area contributed by atoms with E-state index in [0.29, 0.717) is 18.5 Å². The van der Waals surface area contributed by atoms with Crippen LogP contribution in [0.1, 0.15) is 18.4 Å². The smallest absolute Gasteiger partial charge is 0.316 e. The molecule has 0 bridgehead atoms. The van der Waals surface area contributed by atoms with E-state index >= 15 is 0 Å². The normalized spacial score (nSPS) is 15.3. The molecule has 1 aliphatic rings. The molecule has 1 aliphatic heterocycles. The molecule has 1 aromatic rings. The van der Waals surface area contributed by atoms with Crippen LogP contribution in [0.4, 0.5) is 5.69 Å². The monoisotopic (exact) mass is 289 g/mol. The third kappa shape index (κ3) is 4.13. The minimum atomic E-state index is -0.915. The zero-order chi connectivity index (χ0) is 15.2. The zero-order valence-corrected chi connectivity index (χ0v) is 11.9. The number of carbonyl (C=O) groups is 3. The molecule has 3 N–H and O–H groups in total. The Morgan fingerprint density at radius 1 is 1.10 bits per heavy atom. The van der Waals surface area contributed by atoms with E-state index in [0.717, 1.165) is 18.7 Å². The fraction of sp³-hybridized carbons (Fsp3) is 0.400. The highest BCUT2D eigenvalue weighted by molar-refractivity contribution is 6.42. The van der Waals surface area contributed by atoms with E-state index in [2.05, 4.69) is 16.0 Å². The van der Waals surface area contributed by atoms with Crippen molar-refractivity contribution < 1.29 is 14.4 Å². The first kappa shape index (κ1) is 15.2. The van der Waals surface area contributed by atoms with Gasteiger partial charge in [0.2, 0.25) is 5.91 Å². The molecule has 0 saturated carbocycles. The van der Waals surface area contributed by atoms with Crippen LogP contribution >= 0.6 is 0 Å². The topological polar surface area (TPSA) is 87.3 Å². The van der Waals surface area contributed by atoms with Crippen LogP contribution in [0.2, 0.25) is 0 Å². The van der Waals surface area contributed by atoms with Crippen molar-refractivity contribution in [2.24, 2.45) is 5.92 Å². The van der Waals surface area contributed by atoms with Crippen molar-refractivity contribution in [2.45, 2.75) is 19.8 Å². The Morgan fingerprint density at radius 2 is 1.76 bits per heavy atom. The van der Waals surface area contributed by atoms with Gasteiger partial charge in [0, 0.05) is 11.6 Å². The molecule has 1 aromatic carbocycles. The number of hydrogen-bond acceptors (Lipinski definition) is 4. The summed E-state index contributed by atoms with van der Waals surface area (Å²) in [5, 5.41) is 7.81. The quantitative estimate of drug-likeness (QED) is 0.695. The molecule has 112 valence electrons. The first-order chi connectivity index (χ1) is 10.1. The van der Waals surface area contributed by atoms with Gasteiger partial charge in [-0.2, -0.15) is 0 Å². The lowest BCUT2D eigenvalue weighted by Gasteiger charge is -2.21. The predicted molar refractivity (Wildman–Crippen MR) is 78.6 cm³/mol. The maximum absolute atomic E-state index is 11.9. The van der Waals surface area contributed by atoms with Crippen LogP contribution in [-0.4, -0.2) is 30.8 Å².